The van der Waals surface area contributed by atoms with Gasteiger partial charge in [0.1, 0.15) is 23.7 Å². The van der Waals surface area contributed by atoms with Crippen molar-refractivity contribution in [1.82, 2.24) is 4.90 Å². The van der Waals surface area contributed by atoms with Gasteiger partial charge in [-0.15, -0.1) is 11.8 Å². The van der Waals surface area contributed by atoms with Crippen LogP contribution in [-0.4, -0.2) is 46.6 Å². The third-order valence-electron chi connectivity index (χ3n) is 6.11. The number of benzene rings is 3. The lowest BCUT2D eigenvalue weighted by Crippen LogP contribution is -2.68. The zero-order chi connectivity index (χ0) is 25.8. The first-order valence-corrected chi connectivity index (χ1v) is 12.8. The molecule has 0 saturated carbocycles. The van der Waals surface area contributed by atoms with Crippen LogP contribution in [-0.2, 0) is 19.1 Å². The molecule has 0 radical (unpaired) electrons. The number of amides is 2. The number of rotatable bonds is 7. The van der Waals surface area contributed by atoms with Gasteiger partial charge < -0.3 is 15.2 Å². The molecule has 0 aliphatic carbocycles. The molecule has 1 unspecified atom stereocenters. The van der Waals surface area contributed by atoms with Crippen molar-refractivity contribution >= 4 is 35.4 Å². The summed E-state index contributed by atoms with van der Waals surface area (Å²) in [6.07, 6.45) is -1.36. The monoisotopic (exact) mass is 515 g/mol. The van der Waals surface area contributed by atoms with Crippen LogP contribution in [0.5, 0.6) is 0 Å². The quantitative estimate of drug-likeness (QED) is 0.361. The van der Waals surface area contributed by atoms with Gasteiger partial charge in [0.25, 0.3) is 0 Å². The smallest absolute Gasteiger partial charge is 0.411 e. The largest absolute Gasteiger partial charge is 0.448 e. The van der Waals surface area contributed by atoms with Crippen LogP contribution in [0.2, 0.25) is 0 Å². The first kappa shape index (κ1) is 24.6. The second-order valence-corrected chi connectivity index (χ2v) is 9.67. The highest BCUT2D eigenvalue weighted by atomic mass is 32.2. The fraction of sp³-hybridized carbons (Fsp3) is 0.179. The number of nitrogens with zero attached hydrogens (tertiary/aromatic N) is 1. The highest BCUT2D eigenvalue weighted by Gasteiger charge is 2.52. The van der Waals surface area contributed by atoms with E-state index in [1.54, 1.807) is 24.3 Å². The summed E-state index contributed by atoms with van der Waals surface area (Å²) in [5, 5.41) is 2.27. The standard InChI is InChI=1S/C28H25N3O5S/c29-22-25(32)31-23(20(17-37-26(22)31)16-35-28(34)30-21-14-8-3-9-15-21)27(33)36-24(18-10-4-1-5-11-18)19-12-6-2-7-13-19/h1-15,22,24,26H,16-17,29H2,(H,30,34)/t22?,26-/m1/s1. The van der Waals surface area contributed by atoms with Crippen molar-refractivity contribution in [3.8, 4) is 0 Å². The zero-order valence-corrected chi connectivity index (χ0v) is 20.6. The van der Waals surface area contributed by atoms with Crippen LogP contribution in [0.3, 0.4) is 0 Å². The number of hydrogen-bond acceptors (Lipinski definition) is 7. The SMILES string of the molecule is NC1C(=O)N2C(C(=O)OC(c3ccccc3)c3ccccc3)=C(COC(=O)Nc3ccccc3)CS[C@H]12. The van der Waals surface area contributed by atoms with Crippen molar-refractivity contribution in [3.05, 3.63) is 113 Å². The van der Waals surface area contributed by atoms with Gasteiger partial charge in [-0.1, -0.05) is 78.9 Å². The van der Waals surface area contributed by atoms with Crippen molar-refractivity contribution in [2.75, 3.05) is 17.7 Å². The van der Waals surface area contributed by atoms with Crippen LogP contribution < -0.4 is 11.1 Å². The molecule has 5 rings (SSSR count). The van der Waals surface area contributed by atoms with E-state index in [0.29, 0.717) is 17.0 Å². The molecule has 0 spiro atoms. The van der Waals surface area contributed by atoms with Crippen LogP contribution in [0.15, 0.2) is 102 Å². The molecule has 0 aromatic heterocycles. The van der Waals surface area contributed by atoms with E-state index >= 15 is 0 Å². The van der Waals surface area contributed by atoms with Crippen LogP contribution in [0.4, 0.5) is 10.5 Å². The lowest BCUT2D eigenvalue weighted by Gasteiger charge is -2.48. The Morgan fingerprint density at radius 1 is 0.946 bits per heavy atom. The number of carbonyl (C=O) groups excluding carboxylic acids is 3. The number of fused-ring (bicyclic) bond motifs is 1. The Hall–Kier alpha value is -4.08. The van der Waals surface area contributed by atoms with Crippen molar-refractivity contribution in [2.45, 2.75) is 17.5 Å². The van der Waals surface area contributed by atoms with E-state index in [-0.39, 0.29) is 23.6 Å². The van der Waals surface area contributed by atoms with Gasteiger partial charge in [0.15, 0.2) is 6.10 Å². The van der Waals surface area contributed by atoms with Gasteiger partial charge in [-0.05, 0) is 23.3 Å². The molecule has 1 fully saturated rings. The van der Waals surface area contributed by atoms with Gasteiger partial charge in [0.05, 0.1) is 0 Å². The fourth-order valence-electron chi connectivity index (χ4n) is 4.25. The first-order valence-electron chi connectivity index (χ1n) is 11.7. The van der Waals surface area contributed by atoms with Crippen LogP contribution in [0.25, 0.3) is 0 Å². The van der Waals surface area contributed by atoms with E-state index in [2.05, 4.69) is 5.32 Å². The number of para-hydroxylation sites is 1. The minimum atomic E-state index is -0.698. The number of anilines is 1. The van der Waals surface area contributed by atoms with Gasteiger partial charge in [0.2, 0.25) is 5.91 Å². The summed E-state index contributed by atoms with van der Waals surface area (Å²) in [4.78, 5) is 40.1. The maximum atomic E-state index is 13.7. The molecule has 2 amide bonds. The summed E-state index contributed by atoms with van der Waals surface area (Å²) in [6.45, 7) is -0.177. The van der Waals surface area contributed by atoms with Gasteiger partial charge in [-0.25, -0.2) is 9.59 Å². The first-order chi connectivity index (χ1) is 18.0. The Balaban J connectivity index is 1.40. The second kappa shape index (κ2) is 10.9. The van der Waals surface area contributed by atoms with Crippen LogP contribution in [0, 0.1) is 0 Å². The Morgan fingerprint density at radius 3 is 2.11 bits per heavy atom. The predicted molar refractivity (Wildman–Crippen MR) is 140 cm³/mol. The van der Waals surface area contributed by atoms with Crippen molar-refractivity contribution in [2.24, 2.45) is 5.73 Å². The number of nitrogens with one attached hydrogen (secondary N) is 1. The third kappa shape index (κ3) is 5.23. The molecule has 3 N–H and O–H groups in total. The fourth-order valence-corrected chi connectivity index (χ4v) is 5.53. The molecule has 0 bridgehead atoms. The predicted octanol–water partition coefficient (Wildman–Crippen LogP) is 4.06. The van der Waals surface area contributed by atoms with Crippen LogP contribution in [0.1, 0.15) is 17.2 Å². The topological polar surface area (TPSA) is 111 Å². The lowest BCUT2D eigenvalue weighted by atomic mass is 10.0. The van der Waals surface area contributed by atoms with Crippen LogP contribution >= 0.6 is 11.8 Å². The maximum Gasteiger partial charge on any atom is 0.411 e. The molecule has 9 heteroatoms. The van der Waals surface area contributed by atoms with E-state index in [1.165, 1.54) is 16.7 Å². The molecule has 3 aromatic carbocycles. The van der Waals surface area contributed by atoms with Crippen molar-refractivity contribution in [3.63, 3.8) is 0 Å². The summed E-state index contributed by atoms with van der Waals surface area (Å²) in [6, 6.07) is 26.9. The highest BCUT2D eigenvalue weighted by molar-refractivity contribution is 8.00. The molecule has 2 aliphatic heterocycles. The van der Waals surface area contributed by atoms with Crippen molar-refractivity contribution in [1.29, 1.82) is 0 Å². The Bertz CT molecular complexity index is 1280. The normalized spacial score (nSPS) is 18.6. The van der Waals surface area contributed by atoms with Gasteiger partial charge in [-0.3, -0.25) is 15.0 Å². The summed E-state index contributed by atoms with van der Waals surface area (Å²) in [5.41, 5.74) is 8.71. The molecule has 2 atom stereocenters. The van der Waals surface area contributed by atoms with E-state index in [1.807, 2.05) is 66.7 Å². The van der Waals surface area contributed by atoms with E-state index in [0.717, 1.165) is 11.1 Å². The molecular weight excluding hydrogens is 490 g/mol. The summed E-state index contributed by atoms with van der Waals surface area (Å²) in [7, 11) is 0. The minimum absolute atomic E-state index is 0.0832. The lowest BCUT2D eigenvalue weighted by molar-refractivity contribution is -0.153. The van der Waals surface area contributed by atoms with Gasteiger partial charge in [-0.2, -0.15) is 0 Å². The maximum absolute atomic E-state index is 13.7. The number of β-lactam (4-membered cyclic amide) rings is 1. The van der Waals surface area contributed by atoms with Gasteiger partial charge in [0, 0.05) is 17.0 Å². The molecule has 1 saturated heterocycles. The number of ether oxygens (including phenoxy) is 2. The minimum Gasteiger partial charge on any atom is -0.448 e. The second-order valence-electron chi connectivity index (χ2n) is 8.56. The Labute approximate surface area is 218 Å². The molecule has 8 nitrogen and oxygen atoms in total. The molecule has 188 valence electrons. The molecule has 2 aliphatic rings. The summed E-state index contributed by atoms with van der Waals surface area (Å²) in [5.74, 6) is -0.677. The van der Waals surface area contributed by atoms with E-state index in [4.69, 9.17) is 15.2 Å². The number of nitrogens with two attached hydrogens (primary N) is 1. The van der Waals surface area contributed by atoms with Crippen molar-refractivity contribution < 1.29 is 23.9 Å². The zero-order valence-electron chi connectivity index (χ0n) is 19.8. The summed E-state index contributed by atoms with van der Waals surface area (Å²) < 4.78 is 11.4. The summed E-state index contributed by atoms with van der Waals surface area (Å²) >= 11 is 1.42. The average molecular weight is 516 g/mol. The molecule has 2 heterocycles. The van der Waals surface area contributed by atoms with E-state index in [9.17, 15) is 14.4 Å². The highest BCUT2D eigenvalue weighted by Crippen LogP contribution is 2.40. The number of hydrogen-bond donors (Lipinski definition) is 2. The number of esters is 1. The average Bonchev–Trinajstić information content (AvgIpc) is 2.95. The number of carbonyl (C=O) groups is 3. The Kier molecular flexibility index (Phi) is 7.25. The molecule has 37 heavy (non-hydrogen) atoms. The Morgan fingerprint density at radius 2 is 1.51 bits per heavy atom. The molecular formula is C28H25N3O5S. The van der Waals surface area contributed by atoms with E-state index < -0.39 is 24.2 Å². The molecule has 3 aromatic rings. The number of thioether (sulfide) groups is 1. The van der Waals surface area contributed by atoms with Gasteiger partial charge >= 0.3 is 12.1 Å². The third-order valence-corrected chi connectivity index (χ3v) is 7.47.